The van der Waals surface area contributed by atoms with Crippen molar-refractivity contribution in [2.24, 2.45) is 0 Å². The Morgan fingerprint density at radius 1 is 0.333 bits per heavy atom. The van der Waals surface area contributed by atoms with Gasteiger partial charge in [-0.2, -0.15) is 0 Å². The molecule has 0 atom stereocenters. The zero-order chi connectivity index (χ0) is 11.2. The van der Waals surface area contributed by atoms with Gasteiger partial charge in [0, 0.05) is 0 Å². The van der Waals surface area contributed by atoms with Crippen molar-refractivity contribution in [2.75, 3.05) is 0 Å². The molecular formula is C15H32. The van der Waals surface area contributed by atoms with Gasteiger partial charge in [0.1, 0.15) is 0 Å². The normalized spacial score (nSPS) is 10.8. The molecule has 0 heterocycles. The molecule has 0 aromatic heterocycles. The van der Waals surface area contributed by atoms with Crippen molar-refractivity contribution in [2.45, 2.75) is 97.3 Å². The van der Waals surface area contributed by atoms with Crippen molar-refractivity contribution in [3.8, 4) is 0 Å². The summed E-state index contributed by atoms with van der Waals surface area (Å²) in [6.45, 7) is 4.58. The predicted molar refractivity (Wildman–Crippen MR) is 71.4 cm³/mol. The van der Waals surface area contributed by atoms with E-state index in [1.165, 1.54) is 83.5 Å². The number of hydrogen-bond acceptors (Lipinski definition) is 0. The molecule has 0 amide bonds. The lowest BCUT2D eigenvalue weighted by Crippen LogP contribution is -1.82. The molecule has 0 aromatic carbocycles. The van der Waals surface area contributed by atoms with Crippen molar-refractivity contribution in [3.63, 3.8) is 0 Å². The van der Waals surface area contributed by atoms with Gasteiger partial charge in [-0.15, -0.1) is 0 Å². The van der Waals surface area contributed by atoms with Crippen LogP contribution >= 0.6 is 0 Å². The van der Waals surface area contributed by atoms with Crippen molar-refractivity contribution in [1.82, 2.24) is 0 Å². The third kappa shape index (κ3) is 14.0. The van der Waals surface area contributed by atoms with Crippen molar-refractivity contribution in [3.05, 3.63) is 0 Å². The molecule has 0 fully saturated rings. The fourth-order valence-electron chi connectivity index (χ4n) is 2.09. The van der Waals surface area contributed by atoms with Crippen LogP contribution in [-0.4, -0.2) is 0 Å². The Labute approximate surface area is 97.8 Å². The number of unbranched alkanes of at least 4 members (excludes halogenated alkanes) is 12. The molecule has 15 heavy (non-hydrogen) atoms. The lowest BCUT2D eigenvalue weighted by atomic mass is 10.0. The minimum absolute atomic E-state index is 1.37. The molecule has 0 saturated carbocycles. The lowest BCUT2D eigenvalue weighted by Gasteiger charge is -2.01. The Morgan fingerprint density at radius 2 is 0.533 bits per heavy atom. The maximum absolute atomic E-state index is 2.29. The predicted octanol–water partition coefficient (Wildman–Crippen LogP) is 6.10. The highest BCUT2D eigenvalue weighted by molar-refractivity contribution is 4.47. The molecule has 92 valence electrons. The van der Waals surface area contributed by atoms with Gasteiger partial charge >= 0.3 is 0 Å². The molecule has 0 aromatic rings. The fraction of sp³-hybridized carbons (Fsp3) is 1.00. The van der Waals surface area contributed by atoms with Crippen LogP contribution in [0.3, 0.4) is 0 Å². The summed E-state index contributed by atoms with van der Waals surface area (Å²) in [5.41, 5.74) is 0. The topological polar surface area (TPSA) is 0 Å². The van der Waals surface area contributed by atoms with E-state index >= 15 is 0 Å². The van der Waals surface area contributed by atoms with E-state index in [1.54, 1.807) is 0 Å². The largest absolute Gasteiger partial charge is 0.0654 e. The summed E-state index contributed by atoms with van der Waals surface area (Å²) in [5, 5.41) is 0. The molecule has 0 nitrogen and oxygen atoms in total. The molecule has 0 unspecified atom stereocenters. The molecule has 0 N–H and O–H groups in total. The van der Waals surface area contributed by atoms with Crippen LogP contribution in [0.25, 0.3) is 0 Å². The first-order valence-corrected chi connectivity index (χ1v) is 7.41. The maximum Gasteiger partial charge on any atom is -0.0533 e. The first-order valence-electron chi connectivity index (χ1n) is 7.41. The fourth-order valence-corrected chi connectivity index (χ4v) is 2.09. The monoisotopic (exact) mass is 211 g/mol. The molecule has 0 aliphatic heterocycles. The van der Waals surface area contributed by atoms with Gasteiger partial charge in [-0.1, -0.05) is 97.3 Å². The summed E-state index contributed by atoms with van der Waals surface area (Å²) in [6.07, 6.45) is 18.9. The minimum atomic E-state index is 1.37. The highest BCUT2D eigenvalue weighted by Crippen LogP contribution is 2.12. The van der Waals surface area contributed by atoms with Crippen LogP contribution in [0.1, 0.15) is 97.3 Å². The molecule has 0 rings (SSSR count). The zero-order valence-corrected chi connectivity index (χ0v) is 11.2. The quantitative estimate of drug-likeness (QED) is 0.342. The smallest absolute Gasteiger partial charge is 0.0533 e. The second-order valence-corrected chi connectivity index (χ2v) is 4.89. The van der Waals surface area contributed by atoms with Crippen molar-refractivity contribution in [1.29, 1.82) is 0 Å². The maximum atomic E-state index is 2.29. The Hall–Kier alpha value is 0. The van der Waals surface area contributed by atoms with E-state index < -0.39 is 0 Å². The van der Waals surface area contributed by atoms with Crippen LogP contribution in [0, 0.1) is 0 Å². The Balaban J connectivity index is 2.81. The Bertz CT molecular complexity index is 84.2. The second-order valence-electron chi connectivity index (χ2n) is 4.89. The zero-order valence-electron chi connectivity index (χ0n) is 11.2. The molecule has 0 aliphatic rings. The van der Waals surface area contributed by atoms with E-state index in [2.05, 4.69) is 13.8 Å². The minimum Gasteiger partial charge on any atom is -0.0654 e. The number of rotatable bonds is 12. The van der Waals surface area contributed by atoms with Gasteiger partial charge in [0.25, 0.3) is 0 Å². The van der Waals surface area contributed by atoms with E-state index in [0.29, 0.717) is 0 Å². The summed E-state index contributed by atoms with van der Waals surface area (Å²) in [6, 6.07) is 0. The molecule has 0 saturated heterocycles. The second kappa shape index (κ2) is 14.0. The van der Waals surface area contributed by atoms with Gasteiger partial charge in [0.05, 0.1) is 0 Å². The average Bonchev–Trinajstić information content (AvgIpc) is 2.26. The van der Waals surface area contributed by atoms with E-state index in [4.69, 9.17) is 0 Å². The summed E-state index contributed by atoms with van der Waals surface area (Å²) in [7, 11) is 0. The highest BCUT2D eigenvalue weighted by Gasteiger charge is 1.92. The van der Waals surface area contributed by atoms with E-state index in [9.17, 15) is 0 Å². The van der Waals surface area contributed by atoms with Gasteiger partial charge in [-0.3, -0.25) is 0 Å². The first-order chi connectivity index (χ1) is 7.41. The van der Waals surface area contributed by atoms with Crippen LogP contribution in [0.2, 0.25) is 0 Å². The van der Waals surface area contributed by atoms with Crippen LogP contribution in [0.5, 0.6) is 0 Å². The molecule has 0 spiro atoms. The SMILES string of the molecule is CCCCCCCCCCCCCC[11CH3]. The van der Waals surface area contributed by atoms with Gasteiger partial charge in [-0.05, 0) is 0 Å². The lowest BCUT2D eigenvalue weighted by molar-refractivity contribution is 0.542. The van der Waals surface area contributed by atoms with E-state index in [1.807, 2.05) is 0 Å². The first kappa shape index (κ1) is 15.0. The third-order valence-electron chi connectivity index (χ3n) is 3.21. The summed E-state index contributed by atoms with van der Waals surface area (Å²) < 4.78 is 0. The molecule has 0 radical (unpaired) electrons. The molecule has 0 aliphatic carbocycles. The summed E-state index contributed by atoms with van der Waals surface area (Å²) in [5.74, 6) is 0. The average molecular weight is 211 g/mol. The summed E-state index contributed by atoms with van der Waals surface area (Å²) in [4.78, 5) is 0. The van der Waals surface area contributed by atoms with Crippen LogP contribution < -0.4 is 0 Å². The standard InChI is InChI=1S/C15H32/c1-3-5-7-9-11-13-15-14-12-10-8-6-4-2/h3-15H2,1-2H3/i1-1. The van der Waals surface area contributed by atoms with Crippen LogP contribution in [0.15, 0.2) is 0 Å². The Morgan fingerprint density at radius 3 is 0.733 bits per heavy atom. The third-order valence-corrected chi connectivity index (χ3v) is 3.21. The van der Waals surface area contributed by atoms with E-state index in [0.717, 1.165) is 0 Å². The highest BCUT2D eigenvalue weighted by atomic mass is 14.0. The summed E-state index contributed by atoms with van der Waals surface area (Å²) >= 11 is 0. The van der Waals surface area contributed by atoms with Gasteiger partial charge in [0.2, 0.25) is 0 Å². The van der Waals surface area contributed by atoms with Gasteiger partial charge in [0.15, 0.2) is 0 Å². The molecule has 0 heteroatoms. The van der Waals surface area contributed by atoms with Crippen molar-refractivity contribution >= 4 is 0 Å². The van der Waals surface area contributed by atoms with Gasteiger partial charge in [-0.25, -0.2) is 0 Å². The number of hydrogen-bond donors (Lipinski definition) is 0. The molecule has 0 bridgehead atoms. The van der Waals surface area contributed by atoms with Gasteiger partial charge < -0.3 is 0 Å². The van der Waals surface area contributed by atoms with E-state index in [-0.39, 0.29) is 0 Å². The van der Waals surface area contributed by atoms with Crippen molar-refractivity contribution < 1.29 is 0 Å². The molecular weight excluding hydrogens is 179 g/mol. The van der Waals surface area contributed by atoms with Crippen LogP contribution in [-0.2, 0) is 0 Å². The van der Waals surface area contributed by atoms with Crippen LogP contribution in [0.4, 0.5) is 0 Å². The Kier molecular flexibility index (Phi) is 14.0.